The topological polar surface area (TPSA) is 9.86 Å². The van der Waals surface area contributed by atoms with Crippen molar-refractivity contribution >= 4 is 43.6 Å². The van der Waals surface area contributed by atoms with Crippen LogP contribution in [0.15, 0.2) is 146 Å². The van der Waals surface area contributed by atoms with Crippen molar-refractivity contribution in [3.8, 4) is 55.9 Å². The van der Waals surface area contributed by atoms with Crippen LogP contribution in [0.1, 0.15) is 150 Å². The summed E-state index contributed by atoms with van der Waals surface area (Å²) < 4.78 is 4.98. The van der Waals surface area contributed by atoms with E-state index in [2.05, 4.69) is 293 Å². The summed E-state index contributed by atoms with van der Waals surface area (Å²) in [5.41, 5.74) is 32.7. The van der Waals surface area contributed by atoms with Crippen molar-refractivity contribution in [3.05, 3.63) is 212 Å². The molecule has 2 heterocycles. The number of fused-ring (bicyclic) bond motifs is 6. The summed E-state index contributed by atoms with van der Waals surface area (Å²) in [7, 11) is 0. The summed E-state index contributed by atoms with van der Waals surface area (Å²) in [6, 6.07) is 58.0. The lowest BCUT2D eigenvalue weighted by Gasteiger charge is -2.28. The van der Waals surface area contributed by atoms with Gasteiger partial charge in [0.15, 0.2) is 0 Å². The van der Waals surface area contributed by atoms with Gasteiger partial charge in [0.1, 0.15) is 0 Å². The van der Waals surface area contributed by atoms with Gasteiger partial charge in [0, 0.05) is 32.9 Å². The van der Waals surface area contributed by atoms with Crippen LogP contribution < -0.4 is 0 Å². The van der Waals surface area contributed by atoms with Crippen LogP contribution in [0.5, 0.6) is 0 Å². The zero-order valence-corrected chi connectivity index (χ0v) is 51.8. The smallest absolute Gasteiger partial charge is 0.0543 e. The Morgan fingerprint density at radius 2 is 0.438 bits per heavy atom. The van der Waals surface area contributed by atoms with Gasteiger partial charge in [-0.1, -0.05) is 144 Å². The molecule has 11 aromatic rings. The average Bonchev–Trinajstić information content (AvgIpc) is 3.84. The molecule has 0 fully saturated rings. The molecule has 0 saturated carbocycles. The molecule has 406 valence electrons. The average molecular weight is 1050 g/mol. The second-order valence-electron chi connectivity index (χ2n) is 28.1. The molecule has 0 spiro atoms. The zero-order valence-electron chi connectivity index (χ0n) is 51.8. The summed E-state index contributed by atoms with van der Waals surface area (Å²) in [6.45, 7) is 46.1. The molecule has 0 atom stereocenters. The number of rotatable bonds is 6. The Balaban J connectivity index is 1.20. The fourth-order valence-corrected chi connectivity index (χ4v) is 12.1. The van der Waals surface area contributed by atoms with Gasteiger partial charge in [0.05, 0.1) is 22.1 Å². The second kappa shape index (κ2) is 19.1. The van der Waals surface area contributed by atoms with Crippen LogP contribution in [0.2, 0.25) is 0 Å². The fraction of sp³-hybridized carbons (Fsp3) is 0.308. The summed E-state index contributed by atoms with van der Waals surface area (Å²) in [4.78, 5) is 0. The lowest BCUT2D eigenvalue weighted by molar-refractivity contribution is 0.568. The molecule has 2 heteroatoms. The third-order valence-corrected chi connectivity index (χ3v) is 18.0. The van der Waals surface area contributed by atoms with E-state index in [1.54, 1.807) is 0 Å². The summed E-state index contributed by atoms with van der Waals surface area (Å²) >= 11 is 0. The van der Waals surface area contributed by atoms with E-state index in [9.17, 15) is 0 Å². The van der Waals surface area contributed by atoms with Crippen molar-refractivity contribution in [3.63, 3.8) is 0 Å². The molecule has 0 bridgehead atoms. The number of hydrogen-bond donors (Lipinski definition) is 0. The highest BCUT2D eigenvalue weighted by molar-refractivity contribution is 6.11. The minimum absolute atomic E-state index is 0.0649. The van der Waals surface area contributed by atoms with E-state index in [1.165, 1.54) is 155 Å². The first-order valence-electron chi connectivity index (χ1n) is 29.2. The third-order valence-electron chi connectivity index (χ3n) is 18.0. The van der Waals surface area contributed by atoms with Gasteiger partial charge in [0.25, 0.3) is 0 Å². The van der Waals surface area contributed by atoms with Gasteiger partial charge in [-0.3, -0.25) is 0 Å². The van der Waals surface area contributed by atoms with Gasteiger partial charge in [-0.05, 0) is 273 Å². The van der Waals surface area contributed by atoms with Gasteiger partial charge in [-0.25, -0.2) is 0 Å². The van der Waals surface area contributed by atoms with Crippen LogP contribution in [0.25, 0.3) is 99.5 Å². The molecule has 0 N–H and O–H groups in total. The Morgan fingerprint density at radius 1 is 0.225 bits per heavy atom. The number of aromatic nitrogens is 2. The Morgan fingerprint density at radius 3 is 0.662 bits per heavy atom. The molecule has 2 aromatic heterocycles. The third kappa shape index (κ3) is 9.61. The second-order valence-corrected chi connectivity index (χ2v) is 28.1. The van der Waals surface area contributed by atoms with E-state index in [4.69, 9.17) is 0 Å². The Kier molecular flexibility index (Phi) is 13.0. The molecular weight excluding hydrogens is 965 g/mol. The van der Waals surface area contributed by atoms with Gasteiger partial charge in [-0.2, -0.15) is 0 Å². The first kappa shape index (κ1) is 54.5. The normalized spacial score (nSPS) is 12.8. The van der Waals surface area contributed by atoms with E-state index >= 15 is 0 Å². The first-order chi connectivity index (χ1) is 37.4. The van der Waals surface area contributed by atoms with E-state index < -0.39 is 0 Å². The minimum Gasteiger partial charge on any atom is -0.309 e. The molecule has 9 aromatic carbocycles. The predicted octanol–water partition coefficient (Wildman–Crippen LogP) is 22.2. The molecule has 0 unspecified atom stereocenters. The highest BCUT2D eigenvalue weighted by Crippen LogP contribution is 2.47. The number of aryl methyl sites for hydroxylation is 8. The number of hydrogen-bond acceptors (Lipinski definition) is 0. The molecule has 0 amide bonds. The zero-order chi connectivity index (χ0) is 57.4. The molecule has 80 heavy (non-hydrogen) atoms. The number of nitrogens with zero attached hydrogens (tertiary/aromatic N) is 2. The Labute approximate surface area is 478 Å². The molecule has 11 rings (SSSR count). The summed E-state index contributed by atoms with van der Waals surface area (Å²) in [5.74, 6) is 0. The van der Waals surface area contributed by atoms with Gasteiger partial charge in [0.2, 0.25) is 0 Å². The molecule has 0 aliphatic rings. The summed E-state index contributed by atoms with van der Waals surface area (Å²) in [5, 5.41) is 5.21. The maximum atomic E-state index is 2.55. The van der Waals surface area contributed by atoms with E-state index in [1.807, 2.05) is 0 Å². The lowest BCUT2D eigenvalue weighted by atomic mass is 9.76. The van der Waals surface area contributed by atoms with Crippen molar-refractivity contribution in [1.29, 1.82) is 0 Å². The monoisotopic (exact) mass is 1050 g/mol. The van der Waals surface area contributed by atoms with Crippen molar-refractivity contribution in [2.45, 2.75) is 160 Å². The van der Waals surface area contributed by atoms with Crippen LogP contribution in [0.4, 0.5) is 0 Å². The van der Waals surface area contributed by atoms with Gasteiger partial charge >= 0.3 is 0 Å². The van der Waals surface area contributed by atoms with Crippen LogP contribution in [0, 0.1) is 55.4 Å². The van der Waals surface area contributed by atoms with Crippen molar-refractivity contribution in [2.24, 2.45) is 0 Å². The Bertz CT molecular complexity index is 3830. The van der Waals surface area contributed by atoms with Crippen LogP contribution in [0.3, 0.4) is 0 Å². The largest absolute Gasteiger partial charge is 0.309 e. The van der Waals surface area contributed by atoms with E-state index in [0.29, 0.717) is 0 Å². The maximum Gasteiger partial charge on any atom is 0.0543 e. The summed E-state index contributed by atoms with van der Waals surface area (Å²) in [6.07, 6.45) is 0. The predicted molar refractivity (Wildman–Crippen MR) is 350 cm³/mol. The van der Waals surface area contributed by atoms with Crippen LogP contribution in [-0.4, -0.2) is 9.13 Å². The van der Waals surface area contributed by atoms with Crippen molar-refractivity contribution in [2.75, 3.05) is 0 Å². The highest BCUT2D eigenvalue weighted by atomic mass is 15.0. The van der Waals surface area contributed by atoms with Crippen LogP contribution in [-0.2, 0) is 21.7 Å². The standard InChI is InChI=1S/C78H84N2/c1-45-29-67-68-30-46(2)50(6)34-72(68)79(71(67)33-49(45)5)61-25-21-53(22-26-61)63-43-66(56-39-59(77(15,16)17)42-60(40-56)78(18,19)20)64(44-65(63)55-37-57(75(9,10)11)41-58(38-55)76(12,13)14)54-23-27-62(28-24-54)80-73-35-51(7)47(3)31-69(73)70-32-48(4)52(8)36-74(70)80/h21-44H,1-20H3. The molecular formula is C78H84N2. The fourth-order valence-electron chi connectivity index (χ4n) is 12.1. The molecule has 0 saturated heterocycles. The highest BCUT2D eigenvalue weighted by Gasteiger charge is 2.27. The van der Waals surface area contributed by atoms with Crippen LogP contribution >= 0.6 is 0 Å². The molecule has 2 nitrogen and oxygen atoms in total. The SMILES string of the molecule is Cc1cc2c3cc(C)c(C)cc3n(-c3ccc(-c4cc(-c5cc(C(C)(C)C)cc(C(C)(C)C)c5)c(-c5ccc(-n6c7cc(C)c(C)cc7c7cc(C)c(C)cc76)cc5)cc4-c4cc(C(C)(C)C)cc(C(C)(C)C)c4)cc3)c2cc1C. The van der Waals surface area contributed by atoms with Crippen molar-refractivity contribution < 1.29 is 0 Å². The molecule has 0 aliphatic carbocycles. The first-order valence-corrected chi connectivity index (χ1v) is 29.2. The Hall–Kier alpha value is -7.42. The van der Waals surface area contributed by atoms with Crippen molar-refractivity contribution in [1.82, 2.24) is 9.13 Å². The van der Waals surface area contributed by atoms with Gasteiger partial charge in [-0.15, -0.1) is 0 Å². The van der Waals surface area contributed by atoms with Gasteiger partial charge < -0.3 is 9.13 Å². The lowest BCUT2D eigenvalue weighted by Crippen LogP contribution is -2.16. The minimum atomic E-state index is -0.0649. The maximum absolute atomic E-state index is 2.55. The van der Waals surface area contributed by atoms with E-state index in [-0.39, 0.29) is 21.7 Å². The van der Waals surface area contributed by atoms with E-state index in [0.717, 1.165) is 11.4 Å². The molecule has 0 aliphatic heterocycles. The molecule has 0 radical (unpaired) electrons. The quantitative estimate of drug-likeness (QED) is 0.157. The number of benzene rings is 9.